The first-order valence-electron chi connectivity index (χ1n) is 10.5. The summed E-state index contributed by atoms with van der Waals surface area (Å²) in [6.45, 7) is 4.81. The number of likely N-dealkylation sites (tertiary alicyclic amines) is 1. The van der Waals surface area contributed by atoms with Gasteiger partial charge in [0.2, 0.25) is 11.7 Å². The van der Waals surface area contributed by atoms with Gasteiger partial charge in [0.25, 0.3) is 0 Å². The van der Waals surface area contributed by atoms with Gasteiger partial charge in [0.05, 0.1) is 0 Å². The van der Waals surface area contributed by atoms with Crippen molar-refractivity contribution in [3.05, 3.63) is 36.2 Å². The molecule has 2 saturated carbocycles. The van der Waals surface area contributed by atoms with Crippen molar-refractivity contribution in [3.8, 4) is 11.4 Å². The van der Waals surface area contributed by atoms with Crippen LogP contribution in [0.1, 0.15) is 38.0 Å². The van der Waals surface area contributed by atoms with E-state index in [1.54, 1.807) is 0 Å². The minimum atomic E-state index is 0.671. The Morgan fingerprint density at radius 2 is 1.96 bits per heavy atom. The molecule has 1 atom stereocenters. The van der Waals surface area contributed by atoms with Crippen LogP contribution in [0.15, 0.2) is 34.9 Å². The summed E-state index contributed by atoms with van der Waals surface area (Å²) in [5, 5.41) is 4.13. The van der Waals surface area contributed by atoms with Crippen molar-refractivity contribution in [1.82, 2.24) is 19.9 Å². The van der Waals surface area contributed by atoms with Gasteiger partial charge in [-0.1, -0.05) is 35.5 Å². The Bertz CT molecular complexity index is 762. The molecule has 5 nitrogen and oxygen atoms in total. The zero-order valence-corrected chi connectivity index (χ0v) is 16.3. The molecule has 1 saturated heterocycles. The van der Waals surface area contributed by atoms with Crippen molar-refractivity contribution in [1.29, 1.82) is 0 Å². The second-order valence-corrected chi connectivity index (χ2v) is 8.90. The van der Waals surface area contributed by atoms with Crippen molar-refractivity contribution in [3.63, 3.8) is 0 Å². The van der Waals surface area contributed by atoms with Gasteiger partial charge in [0.15, 0.2) is 0 Å². The third-order valence-corrected chi connectivity index (χ3v) is 7.03. The van der Waals surface area contributed by atoms with Crippen LogP contribution in [0.25, 0.3) is 11.4 Å². The summed E-state index contributed by atoms with van der Waals surface area (Å²) in [6.07, 6.45) is 7.89. The predicted octanol–water partition coefficient (Wildman–Crippen LogP) is 3.48. The van der Waals surface area contributed by atoms with Crippen molar-refractivity contribution in [2.75, 3.05) is 33.2 Å². The van der Waals surface area contributed by atoms with E-state index < -0.39 is 0 Å². The van der Waals surface area contributed by atoms with E-state index in [1.807, 2.05) is 30.3 Å². The van der Waals surface area contributed by atoms with Crippen molar-refractivity contribution < 1.29 is 4.52 Å². The van der Waals surface area contributed by atoms with Crippen LogP contribution >= 0.6 is 0 Å². The molecule has 2 aliphatic carbocycles. The lowest BCUT2D eigenvalue weighted by Crippen LogP contribution is -2.37. The zero-order chi connectivity index (χ0) is 18.3. The third kappa shape index (κ3) is 3.81. The van der Waals surface area contributed by atoms with Crippen LogP contribution in [0.3, 0.4) is 0 Å². The minimum Gasteiger partial charge on any atom is -0.339 e. The summed E-state index contributed by atoms with van der Waals surface area (Å²) >= 11 is 0. The fraction of sp³-hybridized carbons (Fsp3) is 0.636. The van der Waals surface area contributed by atoms with Gasteiger partial charge in [-0.3, -0.25) is 0 Å². The van der Waals surface area contributed by atoms with Crippen LogP contribution in [0, 0.1) is 11.3 Å². The van der Waals surface area contributed by atoms with Gasteiger partial charge in [-0.15, -0.1) is 0 Å². The average molecular weight is 367 g/mol. The van der Waals surface area contributed by atoms with E-state index in [2.05, 4.69) is 27.0 Å². The number of aromatic nitrogens is 2. The molecule has 3 fully saturated rings. The third-order valence-electron chi connectivity index (χ3n) is 7.03. The highest BCUT2D eigenvalue weighted by Crippen LogP contribution is 2.59. The predicted molar refractivity (Wildman–Crippen MR) is 105 cm³/mol. The largest absolute Gasteiger partial charge is 0.339 e. The summed E-state index contributed by atoms with van der Waals surface area (Å²) in [7, 11) is 2.33. The lowest BCUT2D eigenvalue weighted by Gasteiger charge is -2.33. The number of benzene rings is 1. The maximum Gasteiger partial charge on any atom is 0.228 e. The average Bonchev–Trinajstić information content (AvgIpc) is 3.61. The standard InChI is InChI=1S/C22H30N4O/c1-25(19-7-8-19)16-18-15-22(18)10-13-26(14-11-22)12-9-20-23-21(24-27-20)17-5-3-2-4-6-17/h2-6,18-19H,7-16H2,1H3. The van der Waals surface area contributed by atoms with Gasteiger partial charge >= 0.3 is 0 Å². The Morgan fingerprint density at radius 1 is 1.19 bits per heavy atom. The number of rotatable bonds is 7. The topological polar surface area (TPSA) is 45.4 Å². The maximum atomic E-state index is 5.46. The monoisotopic (exact) mass is 366 g/mol. The number of piperidine rings is 1. The minimum absolute atomic E-state index is 0.671. The summed E-state index contributed by atoms with van der Waals surface area (Å²) in [5.41, 5.74) is 1.69. The van der Waals surface area contributed by atoms with Crippen molar-refractivity contribution in [2.45, 2.75) is 44.6 Å². The van der Waals surface area contributed by atoms with Crippen LogP contribution in [0.5, 0.6) is 0 Å². The molecule has 2 aromatic rings. The molecule has 27 heavy (non-hydrogen) atoms. The van der Waals surface area contributed by atoms with Crippen molar-refractivity contribution >= 4 is 0 Å². The van der Waals surface area contributed by atoms with Gasteiger partial charge in [-0.05, 0) is 63.6 Å². The van der Waals surface area contributed by atoms with Crippen LogP contribution in [-0.4, -0.2) is 59.2 Å². The smallest absolute Gasteiger partial charge is 0.228 e. The summed E-state index contributed by atoms with van der Waals surface area (Å²) in [4.78, 5) is 9.76. The Labute approximate surface area is 161 Å². The first kappa shape index (κ1) is 17.4. The Kier molecular flexibility index (Phi) is 4.52. The van der Waals surface area contributed by atoms with Gasteiger partial charge in [0, 0.05) is 31.1 Å². The lowest BCUT2D eigenvalue weighted by molar-refractivity contribution is 0.153. The van der Waals surface area contributed by atoms with Crippen molar-refractivity contribution in [2.24, 2.45) is 11.3 Å². The van der Waals surface area contributed by atoms with E-state index in [-0.39, 0.29) is 0 Å². The van der Waals surface area contributed by atoms with Crippen LogP contribution in [0.2, 0.25) is 0 Å². The highest BCUT2D eigenvalue weighted by atomic mass is 16.5. The Morgan fingerprint density at radius 3 is 2.70 bits per heavy atom. The Hall–Kier alpha value is -1.72. The van der Waals surface area contributed by atoms with Crippen LogP contribution in [0.4, 0.5) is 0 Å². The van der Waals surface area contributed by atoms with Gasteiger partial charge in [-0.2, -0.15) is 4.98 Å². The van der Waals surface area contributed by atoms with E-state index in [0.29, 0.717) is 11.2 Å². The molecule has 0 N–H and O–H groups in total. The molecule has 0 radical (unpaired) electrons. The molecule has 0 amide bonds. The van der Waals surface area contributed by atoms with E-state index >= 15 is 0 Å². The summed E-state index contributed by atoms with van der Waals surface area (Å²) in [6, 6.07) is 10.9. The highest BCUT2D eigenvalue weighted by Gasteiger charge is 2.55. The molecule has 1 spiro atoms. The van der Waals surface area contributed by atoms with E-state index in [0.717, 1.165) is 36.4 Å². The van der Waals surface area contributed by atoms with E-state index in [9.17, 15) is 0 Å². The Balaban J connectivity index is 1.08. The molecule has 5 heteroatoms. The normalized spacial score (nSPS) is 24.6. The molecule has 1 aromatic heterocycles. The maximum absolute atomic E-state index is 5.46. The molecule has 3 aliphatic rings. The quantitative estimate of drug-likeness (QED) is 0.751. The molecule has 0 bridgehead atoms. The molecule has 144 valence electrons. The number of nitrogens with zero attached hydrogens (tertiary/aromatic N) is 4. The van der Waals surface area contributed by atoms with E-state index in [1.165, 1.54) is 51.7 Å². The second-order valence-electron chi connectivity index (χ2n) is 8.90. The fourth-order valence-electron chi connectivity index (χ4n) is 4.85. The van der Waals surface area contributed by atoms with Gasteiger partial charge in [-0.25, -0.2) is 0 Å². The molecule has 5 rings (SSSR count). The molecular weight excluding hydrogens is 336 g/mol. The first-order valence-corrected chi connectivity index (χ1v) is 10.5. The molecule has 1 aliphatic heterocycles. The number of hydrogen-bond acceptors (Lipinski definition) is 5. The van der Waals surface area contributed by atoms with Gasteiger partial charge in [0.1, 0.15) is 0 Å². The van der Waals surface area contributed by atoms with Crippen LogP contribution in [-0.2, 0) is 6.42 Å². The molecule has 1 unspecified atom stereocenters. The lowest BCUT2D eigenvalue weighted by atomic mass is 9.90. The SMILES string of the molecule is CN(CC1CC12CCN(CCc1nc(-c3ccccc3)no1)CC2)C1CC1. The van der Waals surface area contributed by atoms with Crippen LogP contribution < -0.4 is 0 Å². The number of hydrogen-bond donors (Lipinski definition) is 0. The summed E-state index contributed by atoms with van der Waals surface area (Å²) in [5.74, 6) is 2.41. The second kappa shape index (κ2) is 7.02. The molecular formula is C22H30N4O. The first-order chi connectivity index (χ1) is 13.2. The highest BCUT2D eigenvalue weighted by molar-refractivity contribution is 5.53. The summed E-state index contributed by atoms with van der Waals surface area (Å²) < 4.78 is 5.46. The van der Waals surface area contributed by atoms with Gasteiger partial charge < -0.3 is 14.3 Å². The molecule has 2 heterocycles. The fourth-order valence-corrected chi connectivity index (χ4v) is 4.85. The zero-order valence-electron chi connectivity index (χ0n) is 16.3. The molecule has 1 aromatic carbocycles. The van der Waals surface area contributed by atoms with E-state index in [4.69, 9.17) is 4.52 Å².